The maximum atomic E-state index is 12.8. The Hall–Kier alpha value is -0.970. The second-order valence-electron chi connectivity index (χ2n) is 5.23. The predicted octanol–water partition coefficient (Wildman–Crippen LogP) is 4.77. The first-order valence-corrected chi connectivity index (χ1v) is 7.27. The van der Waals surface area contributed by atoms with E-state index in [1.165, 1.54) is 0 Å². The van der Waals surface area contributed by atoms with Crippen LogP contribution in [0.15, 0.2) is 12.1 Å². The number of nitrogens with zero attached hydrogens (tertiary/aromatic N) is 2. The van der Waals surface area contributed by atoms with E-state index >= 15 is 0 Å². The topological polar surface area (TPSA) is 16.1 Å². The van der Waals surface area contributed by atoms with Crippen molar-refractivity contribution in [1.82, 2.24) is 4.98 Å². The zero-order valence-electron chi connectivity index (χ0n) is 11.4. The van der Waals surface area contributed by atoms with E-state index in [-0.39, 0.29) is 5.15 Å². The smallest absolute Gasteiger partial charge is 0.357 e. The summed E-state index contributed by atoms with van der Waals surface area (Å²) in [5.41, 5.74) is -0.733. The number of rotatable bonds is 2. The van der Waals surface area contributed by atoms with Gasteiger partial charge in [0.25, 0.3) is 0 Å². The largest absolute Gasteiger partial charge is 0.416 e. The average Bonchev–Trinajstić information content (AvgIpc) is 2.62. The molecule has 2 heterocycles. The number of alkyl halides is 3. The van der Waals surface area contributed by atoms with Gasteiger partial charge in [0.1, 0.15) is 11.0 Å². The second-order valence-corrected chi connectivity index (χ2v) is 5.61. The minimum absolute atomic E-state index is 0.105. The van der Waals surface area contributed by atoms with Crippen molar-refractivity contribution in [3.8, 4) is 0 Å². The molecule has 0 aliphatic carbocycles. The maximum Gasteiger partial charge on any atom is 0.416 e. The number of hydrogen-bond donors (Lipinski definition) is 0. The Labute approximate surface area is 121 Å². The quantitative estimate of drug-likeness (QED) is 0.732. The third-order valence-corrected chi connectivity index (χ3v) is 4.05. The van der Waals surface area contributed by atoms with Crippen LogP contribution in [0.4, 0.5) is 19.0 Å². The van der Waals surface area contributed by atoms with Crippen LogP contribution in [0.5, 0.6) is 0 Å². The highest BCUT2D eigenvalue weighted by Gasteiger charge is 2.32. The summed E-state index contributed by atoms with van der Waals surface area (Å²) < 4.78 is 38.4. The molecule has 0 N–H and O–H groups in total. The molecule has 1 fully saturated rings. The molecule has 0 radical (unpaired) electrons. The highest BCUT2D eigenvalue weighted by Crippen LogP contribution is 2.33. The van der Waals surface area contributed by atoms with Gasteiger partial charge in [-0.25, -0.2) is 4.98 Å². The number of anilines is 1. The van der Waals surface area contributed by atoms with Gasteiger partial charge in [0.2, 0.25) is 0 Å². The van der Waals surface area contributed by atoms with E-state index < -0.39 is 11.7 Å². The van der Waals surface area contributed by atoms with E-state index in [1.807, 2.05) is 4.90 Å². The number of pyridine rings is 1. The summed E-state index contributed by atoms with van der Waals surface area (Å²) in [5, 5.41) is -0.105. The lowest BCUT2D eigenvalue weighted by Gasteiger charge is -2.23. The standard InChI is InChI=1S/C14H18ClF3N2/c1-2-10-4-3-6-20(7-5-10)13-9-11(14(16,17)18)8-12(15)19-13/h8-10H,2-7H2,1H3. The molecule has 1 unspecified atom stereocenters. The van der Waals surface area contributed by atoms with Crippen LogP contribution in [0, 0.1) is 5.92 Å². The van der Waals surface area contributed by atoms with Gasteiger partial charge >= 0.3 is 6.18 Å². The minimum atomic E-state index is -4.39. The van der Waals surface area contributed by atoms with Gasteiger partial charge in [-0.1, -0.05) is 24.9 Å². The zero-order chi connectivity index (χ0) is 14.8. The van der Waals surface area contributed by atoms with Gasteiger partial charge in [0, 0.05) is 13.1 Å². The molecule has 1 aromatic heterocycles. The summed E-state index contributed by atoms with van der Waals surface area (Å²) in [6, 6.07) is 1.97. The maximum absolute atomic E-state index is 12.8. The van der Waals surface area contributed by atoms with E-state index in [0.717, 1.165) is 50.9 Å². The van der Waals surface area contributed by atoms with Crippen molar-refractivity contribution < 1.29 is 13.2 Å². The Morgan fingerprint density at radius 2 is 2.05 bits per heavy atom. The van der Waals surface area contributed by atoms with Gasteiger partial charge in [-0.15, -0.1) is 0 Å². The van der Waals surface area contributed by atoms with Crippen molar-refractivity contribution >= 4 is 17.4 Å². The van der Waals surface area contributed by atoms with Crippen LogP contribution in [-0.4, -0.2) is 18.1 Å². The van der Waals surface area contributed by atoms with Crippen molar-refractivity contribution in [2.45, 2.75) is 38.8 Å². The van der Waals surface area contributed by atoms with E-state index in [4.69, 9.17) is 11.6 Å². The Balaban J connectivity index is 2.22. The molecular weight excluding hydrogens is 289 g/mol. The van der Waals surface area contributed by atoms with Crippen molar-refractivity contribution in [3.63, 3.8) is 0 Å². The summed E-state index contributed by atoms with van der Waals surface area (Å²) in [5.74, 6) is 0.989. The molecule has 2 nitrogen and oxygen atoms in total. The second kappa shape index (κ2) is 6.20. The summed E-state index contributed by atoms with van der Waals surface area (Å²) in [6.07, 6.45) is -0.177. The summed E-state index contributed by atoms with van der Waals surface area (Å²) in [4.78, 5) is 5.97. The van der Waals surface area contributed by atoms with Crippen LogP contribution in [0.3, 0.4) is 0 Å². The van der Waals surface area contributed by atoms with Crippen molar-refractivity contribution in [2.24, 2.45) is 5.92 Å². The first-order chi connectivity index (χ1) is 9.40. The first kappa shape index (κ1) is 15.4. The van der Waals surface area contributed by atoms with Gasteiger partial charge in [-0.3, -0.25) is 0 Å². The first-order valence-electron chi connectivity index (χ1n) is 6.90. The van der Waals surface area contributed by atoms with Crippen LogP contribution in [0.2, 0.25) is 5.15 Å². The lowest BCUT2D eigenvalue weighted by atomic mass is 9.98. The fourth-order valence-corrected chi connectivity index (χ4v) is 2.82. The van der Waals surface area contributed by atoms with E-state index in [2.05, 4.69) is 11.9 Å². The van der Waals surface area contributed by atoms with E-state index in [0.29, 0.717) is 11.7 Å². The summed E-state index contributed by atoms with van der Waals surface area (Å²) in [7, 11) is 0. The predicted molar refractivity (Wildman–Crippen MR) is 74.1 cm³/mol. The fraction of sp³-hybridized carbons (Fsp3) is 0.643. The molecule has 20 heavy (non-hydrogen) atoms. The summed E-state index contributed by atoms with van der Waals surface area (Å²) in [6.45, 7) is 3.63. The monoisotopic (exact) mass is 306 g/mol. The zero-order valence-corrected chi connectivity index (χ0v) is 12.1. The molecule has 112 valence electrons. The highest BCUT2D eigenvalue weighted by molar-refractivity contribution is 6.29. The third kappa shape index (κ3) is 3.78. The van der Waals surface area contributed by atoms with Crippen molar-refractivity contribution in [1.29, 1.82) is 0 Å². The lowest BCUT2D eigenvalue weighted by Crippen LogP contribution is -2.25. The van der Waals surface area contributed by atoms with Crippen LogP contribution in [0.25, 0.3) is 0 Å². The molecule has 0 aromatic carbocycles. The Morgan fingerprint density at radius 1 is 1.30 bits per heavy atom. The molecule has 2 rings (SSSR count). The van der Waals surface area contributed by atoms with Gasteiger partial charge in [-0.05, 0) is 37.3 Å². The number of hydrogen-bond acceptors (Lipinski definition) is 2. The fourth-order valence-electron chi connectivity index (χ4n) is 2.61. The Morgan fingerprint density at radius 3 is 2.70 bits per heavy atom. The number of aromatic nitrogens is 1. The lowest BCUT2D eigenvalue weighted by molar-refractivity contribution is -0.137. The van der Waals surface area contributed by atoms with Crippen LogP contribution >= 0.6 is 11.6 Å². The molecule has 1 aliphatic rings. The minimum Gasteiger partial charge on any atom is -0.357 e. The van der Waals surface area contributed by atoms with Crippen molar-refractivity contribution in [3.05, 3.63) is 22.8 Å². The normalized spacial score (nSPS) is 20.9. The molecule has 1 atom stereocenters. The Bertz CT molecular complexity index is 462. The molecule has 1 aromatic rings. The molecule has 1 aliphatic heterocycles. The molecule has 1 saturated heterocycles. The molecular formula is C14H18ClF3N2. The van der Waals surface area contributed by atoms with Crippen LogP contribution < -0.4 is 4.90 Å². The van der Waals surface area contributed by atoms with Crippen LogP contribution in [0.1, 0.15) is 38.2 Å². The molecule has 6 heteroatoms. The SMILES string of the molecule is CCC1CCCN(c2cc(C(F)(F)F)cc(Cl)n2)CC1. The van der Waals surface area contributed by atoms with E-state index in [1.54, 1.807) is 0 Å². The molecule has 0 amide bonds. The average molecular weight is 307 g/mol. The number of halogens is 4. The third-order valence-electron chi connectivity index (χ3n) is 3.86. The van der Waals surface area contributed by atoms with Gasteiger partial charge in [0.15, 0.2) is 0 Å². The van der Waals surface area contributed by atoms with E-state index in [9.17, 15) is 13.2 Å². The molecule has 0 saturated carbocycles. The molecule has 0 spiro atoms. The summed E-state index contributed by atoms with van der Waals surface area (Å²) >= 11 is 5.73. The highest BCUT2D eigenvalue weighted by atomic mass is 35.5. The van der Waals surface area contributed by atoms with Gasteiger partial charge in [-0.2, -0.15) is 13.2 Å². The molecule has 0 bridgehead atoms. The van der Waals surface area contributed by atoms with Gasteiger partial charge in [0.05, 0.1) is 5.56 Å². The Kier molecular flexibility index (Phi) is 4.78. The van der Waals surface area contributed by atoms with Gasteiger partial charge < -0.3 is 4.90 Å². The van der Waals surface area contributed by atoms with Crippen LogP contribution in [-0.2, 0) is 6.18 Å². The van der Waals surface area contributed by atoms with Crippen molar-refractivity contribution in [2.75, 3.05) is 18.0 Å².